The van der Waals surface area contributed by atoms with Crippen LogP contribution in [-0.4, -0.2) is 23.1 Å². The number of hydrogen-bond acceptors (Lipinski definition) is 4. The molecular weight excluding hydrogens is 242 g/mol. The molecule has 1 heterocycles. The number of H-pyrrole nitrogens is 1. The second kappa shape index (κ2) is 6.15. The molecule has 0 atom stereocenters. The van der Waals surface area contributed by atoms with Crippen molar-refractivity contribution in [1.82, 2.24) is 9.97 Å². The Balaban J connectivity index is 2.32. The van der Waals surface area contributed by atoms with Crippen LogP contribution in [0.5, 0.6) is 5.75 Å². The zero-order valence-corrected chi connectivity index (χ0v) is 10.8. The third-order valence-corrected chi connectivity index (χ3v) is 2.63. The van der Waals surface area contributed by atoms with Gasteiger partial charge in [0.25, 0.3) is 5.56 Å². The van der Waals surface area contributed by atoms with Crippen molar-refractivity contribution in [3.63, 3.8) is 0 Å². The van der Waals surface area contributed by atoms with Crippen LogP contribution in [0.25, 0.3) is 11.4 Å². The Hall–Kier alpha value is -2.14. The van der Waals surface area contributed by atoms with Crippen molar-refractivity contribution in [3.8, 4) is 17.1 Å². The maximum absolute atomic E-state index is 11.6. The molecule has 0 aliphatic rings. The van der Waals surface area contributed by atoms with Crippen LogP contribution in [0.1, 0.15) is 12.6 Å². The van der Waals surface area contributed by atoms with E-state index in [2.05, 4.69) is 9.97 Å². The summed E-state index contributed by atoms with van der Waals surface area (Å²) in [6, 6.07) is 8.93. The van der Waals surface area contributed by atoms with Crippen LogP contribution in [0.4, 0.5) is 0 Å². The summed E-state index contributed by atoms with van der Waals surface area (Å²) in [6.07, 6.45) is 0.591. The van der Waals surface area contributed by atoms with Gasteiger partial charge in [-0.1, -0.05) is 0 Å². The summed E-state index contributed by atoms with van der Waals surface area (Å²) in [5.74, 6) is 1.35. The van der Waals surface area contributed by atoms with E-state index in [1.165, 1.54) is 6.07 Å². The highest BCUT2D eigenvalue weighted by atomic mass is 16.5. The van der Waals surface area contributed by atoms with Gasteiger partial charge in [-0.25, -0.2) is 4.98 Å². The highest BCUT2D eigenvalue weighted by Gasteiger charge is 2.04. The third kappa shape index (κ3) is 3.42. The first-order valence-corrected chi connectivity index (χ1v) is 6.26. The summed E-state index contributed by atoms with van der Waals surface area (Å²) < 4.78 is 5.37. The van der Waals surface area contributed by atoms with Crippen LogP contribution in [0.15, 0.2) is 35.1 Å². The quantitative estimate of drug-likeness (QED) is 0.849. The van der Waals surface area contributed by atoms with E-state index in [4.69, 9.17) is 10.5 Å². The van der Waals surface area contributed by atoms with E-state index in [9.17, 15) is 4.79 Å². The fourth-order valence-corrected chi connectivity index (χ4v) is 1.80. The summed E-state index contributed by atoms with van der Waals surface area (Å²) in [6.45, 7) is 3.03. The van der Waals surface area contributed by atoms with Crippen LogP contribution >= 0.6 is 0 Å². The lowest BCUT2D eigenvalue weighted by molar-refractivity contribution is 0.340. The molecule has 0 fully saturated rings. The topological polar surface area (TPSA) is 81.0 Å². The first-order valence-electron chi connectivity index (χ1n) is 6.26. The Morgan fingerprint density at radius 2 is 2.05 bits per heavy atom. The number of benzene rings is 1. The van der Waals surface area contributed by atoms with E-state index in [1.807, 2.05) is 31.2 Å². The van der Waals surface area contributed by atoms with Crippen LogP contribution in [0, 0.1) is 0 Å². The van der Waals surface area contributed by atoms with Crippen molar-refractivity contribution >= 4 is 0 Å². The molecule has 2 aromatic rings. The number of aromatic nitrogens is 2. The summed E-state index contributed by atoms with van der Waals surface area (Å²) in [5, 5.41) is 0. The van der Waals surface area contributed by atoms with Gasteiger partial charge >= 0.3 is 0 Å². The van der Waals surface area contributed by atoms with E-state index >= 15 is 0 Å². The average molecular weight is 259 g/mol. The highest BCUT2D eigenvalue weighted by molar-refractivity contribution is 5.56. The molecule has 19 heavy (non-hydrogen) atoms. The molecule has 1 aromatic heterocycles. The lowest BCUT2D eigenvalue weighted by Crippen LogP contribution is -2.13. The minimum Gasteiger partial charge on any atom is -0.494 e. The molecule has 0 unspecified atom stereocenters. The molecule has 3 N–H and O–H groups in total. The fourth-order valence-electron chi connectivity index (χ4n) is 1.80. The number of hydrogen-bond donors (Lipinski definition) is 2. The molecular formula is C14H17N3O2. The highest BCUT2D eigenvalue weighted by Crippen LogP contribution is 2.18. The smallest absolute Gasteiger partial charge is 0.251 e. The molecule has 0 saturated carbocycles. The standard InChI is InChI=1S/C14H17N3O2/c1-2-19-12-5-3-10(4-6-12)14-16-11(7-8-15)9-13(18)17-14/h3-6,9H,2,7-8,15H2,1H3,(H,16,17,18). The summed E-state index contributed by atoms with van der Waals surface area (Å²) in [5.41, 5.74) is 6.87. The maximum Gasteiger partial charge on any atom is 0.251 e. The van der Waals surface area contributed by atoms with E-state index in [1.54, 1.807) is 0 Å². The maximum atomic E-state index is 11.6. The van der Waals surface area contributed by atoms with Gasteiger partial charge in [-0.2, -0.15) is 0 Å². The molecule has 0 radical (unpaired) electrons. The van der Waals surface area contributed by atoms with Crippen molar-refractivity contribution in [2.45, 2.75) is 13.3 Å². The first kappa shape index (κ1) is 13.3. The minimum atomic E-state index is -0.165. The van der Waals surface area contributed by atoms with Gasteiger partial charge in [-0.3, -0.25) is 4.79 Å². The lowest BCUT2D eigenvalue weighted by Gasteiger charge is -2.06. The Labute approximate surface area is 111 Å². The summed E-state index contributed by atoms with van der Waals surface area (Å²) >= 11 is 0. The molecule has 2 rings (SSSR count). The van der Waals surface area contributed by atoms with E-state index in [0.29, 0.717) is 31.1 Å². The van der Waals surface area contributed by atoms with Crippen molar-refractivity contribution < 1.29 is 4.74 Å². The average Bonchev–Trinajstić information content (AvgIpc) is 2.40. The van der Waals surface area contributed by atoms with Crippen LogP contribution in [0.3, 0.4) is 0 Å². The molecule has 0 spiro atoms. The van der Waals surface area contributed by atoms with Gasteiger partial charge in [-0.05, 0) is 37.7 Å². The summed E-state index contributed by atoms with van der Waals surface area (Å²) in [7, 11) is 0. The van der Waals surface area contributed by atoms with Crippen LogP contribution in [-0.2, 0) is 6.42 Å². The monoisotopic (exact) mass is 259 g/mol. The molecule has 1 aromatic carbocycles. The molecule has 5 nitrogen and oxygen atoms in total. The predicted octanol–water partition coefficient (Wildman–Crippen LogP) is 1.34. The van der Waals surface area contributed by atoms with Gasteiger partial charge in [0.2, 0.25) is 0 Å². The van der Waals surface area contributed by atoms with E-state index < -0.39 is 0 Å². The number of nitrogens with one attached hydrogen (secondary N) is 1. The van der Waals surface area contributed by atoms with Crippen molar-refractivity contribution in [1.29, 1.82) is 0 Å². The Morgan fingerprint density at radius 3 is 2.68 bits per heavy atom. The molecule has 0 saturated heterocycles. The number of rotatable bonds is 5. The Kier molecular flexibility index (Phi) is 4.30. The molecule has 0 bridgehead atoms. The van der Waals surface area contributed by atoms with Gasteiger partial charge in [0.1, 0.15) is 11.6 Å². The van der Waals surface area contributed by atoms with Gasteiger partial charge < -0.3 is 15.5 Å². The number of nitrogens with two attached hydrogens (primary N) is 1. The zero-order chi connectivity index (χ0) is 13.7. The molecule has 0 aliphatic carbocycles. The van der Waals surface area contributed by atoms with Crippen molar-refractivity contribution in [2.75, 3.05) is 13.2 Å². The fraction of sp³-hybridized carbons (Fsp3) is 0.286. The van der Waals surface area contributed by atoms with Gasteiger partial charge in [0, 0.05) is 23.7 Å². The molecule has 0 amide bonds. The second-order valence-corrected chi connectivity index (χ2v) is 4.08. The van der Waals surface area contributed by atoms with E-state index in [0.717, 1.165) is 11.3 Å². The summed E-state index contributed by atoms with van der Waals surface area (Å²) in [4.78, 5) is 18.7. The van der Waals surface area contributed by atoms with Crippen molar-refractivity contribution in [3.05, 3.63) is 46.4 Å². The normalized spacial score (nSPS) is 10.4. The second-order valence-electron chi connectivity index (χ2n) is 4.08. The number of aromatic amines is 1. The number of nitrogens with zero attached hydrogens (tertiary/aromatic N) is 1. The Morgan fingerprint density at radius 1 is 1.32 bits per heavy atom. The third-order valence-electron chi connectivity index (χ3n) is 2.63. The molecule has 0 aliphatic heterocycles. The lowest BCUT2D eigenvalue weighted by atomic mass is 10.2. The van der Waals surface area contributed by atoms with Gasteiger partial charge in [0.05, 0.1) is 6.61 Å². The predicted molar refractivity (Wildman–Crippen MR) is 74.2 cm³/mol. The Bertz CT molecular complexity index is 590. The molecule has 5 heteroatoms. The minimum absolute atomic E-state index is 0.165. The SMILES string of the molecule is CCOc1ccc(-c2nc(CCN)cc(=O)[nH]2)cc1. The molecule has 100 valence electrons. The largest absolute Gasteiger partial charge is 0.494 e. The van der Waals surface area contributed by atoms with Crippen LogP contribution in [0.2, 0.25) is 0 Å². The van der Waals surface area contributed by atoms with Gasteiger partial charge in [-0.15, -0.1) is 0 Å². The van der Waals surface area contributed by atoms with Crippen LogP contribution < -0.4 is 16.0 Å². The van der Waals surface area contributed by atoms with Crippen molar-refractivity contribution in [2.24, 2.45) is 5.73 Å². The zero-order valence-electron chi connectivity index (χ0n) is 10.8. The number of ether oxygens (including phenoxy) is 1. The van der Waals surface area contributed by atoms with E-state index in [-0.39, 0.29) is 5.56 Å². The van der Waals surface area contributed by atoms with Gasteiger partial charge in [0.15, 0.2) is 0 Å². The first-order chi connectivity index (χ1) is 9.22.